The van der Waals surface area contributed by atoms with Crippen molar-refractivity contribution in [2.75, 3.05) is 0 Å². The molecule has 0 radical (unpaired) electrons. The minimum absolute atomic E-state index is 1.22. The van der Waals surface area contributed by atoms with Gasteiger partial charge in [-0.1, -0.05) is 164 Å². The molecule has 46 heavy (non-hydrogen) atoms. The van der Waals surface area contributed by atoms with Gasteiger partial charge in [0.1, 0.15) is 0 Å². The highest BCUT2D eigenvalue weighted by Gasteiger charge is 2.20. The maximum atomic E-state index is 2.38. The van der Waals surface area contributed by atoms with Gasteiger partial charge in [0.15, 0.2) is 0 Å². The first kappa shape index (κ1) is 26.4. The lowest BCUT2D eigenvalue weighted by atomic mass is 9.82. The van der Waals surface area contributed by atoms with Gasteiger partial charge >= 0.3 is 0 Å². The molecule has 0 heteroatoms. The average Bonchev–Trinajstić information content (AvgIpc) is 3.13. The van der Waals surface area contributed by atoms with Gasteiger partial charge < -0.3 is 0 Å². The van der Waals surface area contributed by atoms with E-state index in [1.165, 1.54) is 87.6 Å². The normalized spacial score (nSPS) is 11.5. The van der Waals surface area contributed by atoms with E-state index in [4.69, 9.17) is 0 Å². The van der Waals surface area contributed by atoms with Crippen molar-refractivity contribution in [3.8, 4) is 44.5 Å². The Bertz CT molecular complexity index is 2520. The molecule has 0 bridgehead atoms. The fourth-order valence-corrected chi connectivity index (χ4v) is 7.24. The third-order valence-corrected chi connectivity index (χ3v) is 9.43. The van der Waals surface area contributed by atoms with Crippen LogP contribution in [0.25, 0.3) is 87.6 Å². The standard InChI is InChI=1S/C46H30/c1-2-12-31(13-3-1)36-26-27-43(44(30-36)37-24-22-32-14-4-6-16-34(32)28-37)46-41-20-10-8-18-39(41)45(40-19-9-11-21-42(40)46)38-25-23-33-15-5-7-17-35(33)29-38/h1-30H. The van der Waals surface area contributed by atoms with Crippen molar-refractivity contribution in [1.82, 2.24) is 0 Å². The van der Waals surface area contributed by atoms with Gasteiger partial charge in [-0.2, -0.15) is 0 Å². The van der Waals surface area contributed by atoms with Gasteiger partial charge in [-0.25, -0.2) is 0 Å². The lowest BCUT2D eigenvalue weighted by Crippen LogP contribution is -1.93. The summed E-state index contributed by atoms with van der Waals surface area (Å²) in [5, 5.41) is 10.1. The van der Waals surface area contributed by atoms with Crippen LogP contribution in [0, 0.1) is 0 Å². The first-order chi connectivity index (χ1) is 22.8. The van der Waals surface area contributed by atoms with Crippen molar-refractivity contribution in [2.24, 2.45) is 0 Å². The van der Waals surface area contributed by atoms with E-state index >= 15 is 0 Å². The molecule has 0 saturated heterocycles. The summed E-state index contributed by atoms with van der Waals surface area (Å²) >= 11 is 0. The van der Waals surface area contributed by atoms with Crippen LogP contribution in [0.15, 0.2) is 182 Å². The largest absolute Gasteiger partial charge is 0.0622 e. The van der Waals surface area contributed by atoms with Gasteiger partial charge in [-0.15, -0.1) is 0 Å². The number of benzene rings is 9. The van der Waals surface area contributed by atoms with Crippen molar-refractivity contribution >= 4 is 43.1 Å². The van der Waals surface area contributed by atoms with E-state index in [1.54, 1.807) is 0 Å². The van der Waals surface area contributed by atoms with Crippen molar-refractivity contribution in [2.45, 2.75) is 0 Å². The molecule has 0 heterocycles. The molecule has 0 aliphatic rings. The topological polar surface area (TPSA) is 0 Å². The molecule has 214 valence electrons. The van der Waals surface area contributed by atoms with Crippen molar-refractivity contribution in [3.63, 3.8) is 0 Å². The van der Waals surface area contributed by atoms with Crippen molar-refractivity contribution in [1.29, 1.82) is 0 Å². The predicted octanol–water partition coefficient (Wildman–Crippen LogP) is 13.0. The van der Waals surface area contributed by atoms with Crippen LogP contribution < -0.4 is 0 Å². The number of hydrogen-bond acceptors (Lipinski definition) is 0. The van der Waals surface area contributed by atoms with Crippen LogP contribution in [-0.4, -0.2) is 0 Å². The summed E-state index contributed by atoms with van der Waals surface area (Å²) in [6, 6.07) is 66.6. The molecule has 9 aromatic carbocycles. The zero-order valence-electron chi connectivity index (χ0n) is 25.3. The minimum atomic E-state index is 1.22. The number of rotatable bonds is 4. The average molecular weight is 583 g/mol. The Labute approximate surface area is 268 Å². The minimum Gasteiger partial charge on any atom is -0.0622 e. The summed E-state index contributed by atoms with van der Waals surface area (Å²) in [5.41, 5.74) is 9.94. The van der Waals surface area contributed by atoms with Gasteiger partial charge in [0.2, 0.25) is 0 Å². The zero-order valence-corrected chi connectivity index (χ0v) is 25.3. The second-order valence-corrected chi connectivity index (χ2v) is 12.1. The molecule has 0 spiro atoms. The Hall–Kier alpha value is -5.98. The van der Waals surface area contributed by atoms with Gasteiger partial charge in [-0.3, -0.25) is 0 Å². The molecule has 0 fully saturated rings. The van der Waals surface area contributed by atoms with Gasteiger partial charge in [0.05, 0.1) is 0 Å². The Balaban J connectivity index is 1.37. The smallest absolute Gasteiger partial charge is 0.00201 e. The van der Waals surface area contributed by atoms with Gasteiger partial charge in [-0.05, 0) is 106 Å². The first-order valence-corrected chi connectivity index (χ1v) is 15.9. The SMILES string of the molecule is c1ccc(-c2ccc(-c3c4ccccc4c(-c4ccc5ccccc5c4)c4ccccc34)c(-c3ccc4ccccc4c3)c2)cc1. The van der Waals surface area contributed by atoms with Crippen LogP contribution >= 0.6 is 0 Å². The Morgan fingerprint density at radius 2 is 0.674 bits per heavy atom. The molecule has 0 aliphatic heterocycles. The molecule has 0 unspecified atom stereocenters. The highest BCUT2D eigenvalue weighted by atomic mass is 14.2. The van der Waals surface area contributed by atoms with E-state index in [0.717, 1.165) is 0 Å². The fourth-order valence-electron chi connectivity index (χ4n) is 7.24. The predicted molar refractivity (Wildman–Crippen MR) is 198 cm³/mol. The van der Waals surface area contributed by atoms with Crippen molar-refractivity contribution < 1.29 is 0 Å². The molecule has 0 aliphatic carbocycles. The molecule has 0 amide bonds. The summed E-state index contributed by atoms with van der Waals surface area (Å²) in [7, 11) is 0. The van der Waals surface area contributed by atoms with E-state index in [2.05, 4.69) is 182 Å². The molecular formula is C46H30. The summed E-state index contributed by atoms with van der Waals surface area (Å²) in [6.07, 6.45) is 0. The number of fused-ring (bicyclic) bond motifs is 4. The van der Waals surface area contributed by atoms with Crippen LogP contribution in [0.1, 0.15) is 0 Å². The molecule has 0 aromatic heterocycles. The summed E-state index contributed by atoms with van der Waals surface area (Å²) < 4.78 is 0. The first-order valence-electron chi connectivity index (χ1n) is 15.9. The maximum Gasteiger partial charge on any atom is -0.00201 e. The quantitative estimate of drug-likeness (QED) is 0.181. The van der Waals surface area contributed by atoms with E-state index in [9.17, 15) is 0 Å². The lowest BCUT2D eigenvalue weighted by molar-refractivity contribution is 1.59. The third-order valence-electron chi connectivity index (χ3n) is 9.43. The Kier molecular flexibility index (Phi) is 6.25. The van der Waals surface area contributed by atoms with Crippen LogP contribution in [0.5, 0.6) is 0 Å². The Morgan fingerprint density at radius 1 is 0.217 bits per heavy atom. The molecule has 0 N–H and O–H groups in total. The van der Waals surface area contributed by atoms with Gasteiger partial charge in [0.25, 0.3) is 0 Å². The highest BCUT2D eigenvalue weighted by molar-refractivity contribution is 6.23. The molecular weight excluding hydrogens is 553 g/mol. The second-order valence-electron chi connectivity index (χ2n) is 12.1. The molecule has 0 saturated carbocycles. The third kappa shape index (κ3) is 4.38. The van der Waals surface area contributed by atoms with Crippen LogP contribution in [-0.2, 0) is 0 Å². The number of hydrogen-bond donors (Lipinski definition) is 0. The second kappa shape index (κ2) is 10.9. The van der Waals surface area contributed by atoms with Gasteiger partial charge in [0, 0.05) is 0 Å². The molecule has 0 atom stereocenters. The summed E-state index contributed by atoms with van der Waals surface area (Å²) in [4.78, 5) is 0. The van der Waals surface area contributed by atoms with E-state index in [0.29, 0.717) is 0 Å². The lowest BCUT2D eigenvalue weighted by Gasteiger charge is -2.21. The monoisotopic (exact) mass is 582 g/mol. The van der Waals surface area contributed by atoms with Crippen LogP contribution in [0.2, 0.25) is 0 Å². The van der Waals surface area contributed by atoms with Crippen LogP contribution in [0.4, 0.5) is 0 Å². The van der Waals surface area contributed by atoms with Crippen LogP contribution in [0.3, 0.4) is 0 Å². The molecule has 9 rings (SSSR count). The summed E-state index contributed by atoms with van der Waals surface area (Å²) in [6.45, 7) is 0. The van der Waals surface area contributed by atoms with E-state index in [1.807, 2.05) is 0 Å². The van der Waals surface area contributed by atoms with Crippen molar-refractivity contribution in [3.05, 3.63) is 182 Å². The maximum absolute atomic E-state index is 2.38. The molecule has 0 nitrogen and oxygen atoms in total. The molecule has 9 aromatic rings. The fraction of sp³-hybridized carbons (Fsp3) is 0. The summed E-state index contributed by atoms with van der Waals surface area (Å²) in [5.74, 6) is 0. The van der Waals surface area contributed by atoms with E-state index in [-0.39, 0.29) is 0 Å². The zero-order chi connectivity index (χ0) is 30.5. The Morgan fingerprint density at radius 3 is 1.28 bits per heavy atom. The highest BCUT2D eigenvalue weighted by Crippen LogP contribution is 2.47. The van der Waals surface area contributed by atoms with E-state index < -0.39 is 0 Å².